The minimum atomic E-state index is -4.81. The highest BCUT2D eigenvalue weighted by Gasteiger charge is 2.36. The number of methoxy groups -OCH3 is 1. The van der Waals surface area contributed by atoms with Crippen molar-refractivity contribution in [2.45, 2.75) is 32.5 Å². The summed E-state index contributed by atoms with van der Waals surface area (Å²) in [5.74, 6) is -0.332. The Bertz CT molecular complexity index is 580. The maximum absolute atomic E-state index is 12.9. The minimum absolute atomic E-state index is 0.0281. The molecule has 0 aliphatic carbocycles. The van der Waals surface area contributed by atoms with Crippen molar-refractivity contribution >= 4 is 18.1 Å². The number of ether oxygens (including phenoxy) is 2. The van der Waals surface area contributed by atoms with Crippen molar-refractivity contribution in [2.75, 3.05) is 12.4 Å². The van der Waals surface area contributed by atoms with Gasteiger partial charge < -0.3 is 9.47 Å². The minimum Gasteiger partial charge on any atom is -0.479 e. The molecule has 9 heteroatoms. The van der Waals surface area contributed by atoms with Crippen LogP contribution < -0.4 is 10.1 Å². The molecule has 0 atom stereocenters. The van der Waals surface area contributed by atoms with Gasteiger partial charge in [-0.1, -0.05) is 0 Å². The zero-order valence-electron chi connectivity index (χ0n) is 12.4. The van der Waals surface area contributed by atoms with Crippen molar-refractivity contribution in [3.63, 3.8) is 0 Å². The summed E-state index contributed by atoms with van der Waals surface area (Å²) in [4.78, 5) is 26.2. The van der Waals surface area contributed by atoms with E-state index in [-0.39, 0.29) is 12.2 Å². The van der Waals surface area contributed by atoms with E-state index >= 15 is 0 Å². The Hall–Kier alpha value is -2.32. The Morgan fingerprint density at radius 2 is 1.91 bits per heavy atom. The highest BCUT2D eigenvalue weighted by Crippen LogP contribution is 2.37. The third-order valence-corrected chi connectivity index (χ3v) is 2.33. The molecule has 0 radical (unpaired) electrons. The molecule has 6 nitrogen and oxygen atoms in total. The van der Waals surface area contributed by atoms with Crippen molar-refractivity contribution in [1.82, 2.24) is 4.98 Å². The Morgan fingerprint density at radius 1 is 1.32 bits per heavy atom. The summed E-state index contributed by atoms with van der Waals surface area (Å²) >= 11 is 0. The van der Waals surface area contributed by atoms with Gasteiger partial charge in [0, 0.05) is 6.20 Å². The molecule has 0 saturated carbocycles. The van der Waals surface area contributed by atoms with Gasteiger partial charge in [0.15, 0.2) is 6.29 Å². The molecule has 1 aromatic heterocycles. The molecule has 0 bridgehead atoms. The molecule has 0 aliphatic rings. The van der Waals surface area contributed by atoms with E-state index in [0.717, 1.165) is 7.11 Å². The van der Waals surface area contributed by atoms with E-state index < -0.39 is 34.7 Å². The lowest BCUT2D eigenvalue weighted by molar-refractivity contribution is -0.138. The van der Waals surface area contributed by atoms with Crippen LogP contribution in [0.2, 0.25) is 0 Å². The largest absolute Gasteiger partial charge is 0.479 e. The fourth-order valence-electron chi connectivity index (χ4n) is 1.54. The number of rotatable bonds is 3. The molecule has 0 spiro atoms. The molecular formula is C13H15F3N2O4. The van der Waals surface area contributed by atoms with Gasteiger partial charge in [-0.15, -0.1) is 0 Å². The topological polar surface area (TPSA) is 77.5 Å². The fraction of sp³-hybridized carbons (Fsp3) is 0.462. The number of halogens is 3. The van der Waals surface area contributed by atoms with Gasteiger partial charge in [0.05, 0.1) is 18.2 Å². The lowest BCUT2D eigenvalue weighted by atomic mass is 10.1. The number of carbonyl (C=O) groups is 2. The van der Waals surface area contributed by atoms with Crippen LogP contribution in [-0.2, 0) is 10.9 Å². The second-order valence-electron chi connectivity index (χ2n) is 5.21. The van der Waals surface area contributed by atoms with Crippen molar-refractivity contribution in [1.29, 1.82) is 0 Å². The number of carbonyl (C=O) groups excluding carboxylic acids is 2. The van der Waals surface area contributed by atoms with Crippen LogP contribution in [0.5, 0.6) is 5.88 Å². The van der Waals surface area contributed by atoms with Crippen LogP contribution in [0, 0.1) is 0 Å². The zero-order chi connectivity index (χ0) is 17.1. The second kappa shape index (κ2) is 6.20. The number of alkyl halides is 3. The summed E-state index contributed by atoms with van der Waals surface area (Å²) in [6.45, 7) is 4.73. The number of amides is 1. The highest BCUT2D eigenvalue weighted by molar-refractivity contribution is 5.96. The van der Waals surface area contributed by atoms with Crippen LogP contribution in [0.25, 0.3) is 0 Å². The summed E-state index contributed by atoms with van der Waals surface area (Å²) in [5.41, 5.74) is -3.44. The average molecular weight is 320 g/mol. The van der Waals surface area contributed by atoms with Crippen LogP contribution in [0.3, 0.4) is 0 Å². The van der Waals surface area contributed by atoms with Gasteiger partial charge in [0.1, 0.15) is 11.3 Å². The SMILES string of the molecule is COc1ncc(C(F)(F)F)c(C=O)c1NC(=O)OC(C)(C)C. The van der Waals surface area contributed by atoms with Gasteiger partial charge >= 0.3 is 12.3 Å². The maximum atomic E-state index is 12.9. The van der Waals surface area contributed by atoms with Gasteiger partial charge in [-0.3, -0.25) is 10.1 Å². The smallest absolute Gasteiger partial charge is 0.418 e. The summed E-state index contributed by atoms with van der Waals surface area (Å²) in [6.07, 6.45) is -5.40. The normalized spacial score (nSPS) is 11.8. The van der Waals surface area contributed by atoms with E-state index in [4.69, 9.17) is 9.47 Å². The van der Waals surface area contributed by atoms with E-state index in [2.05, 4.69) is 10.3 Å². The number of anilines is 1. The summed E-state index contributed by atoms with van der Waals surface area (Å²) in [6, 6.07) is 0. The van der Waals surface area contributed by atoms with Gasteiger partial charge in [-0.2, -0.15) is 13.2 Å². The summed E-state index contributed by atoms with van der Waals surface area (Å²) < 4.78 is 48.3. The van der Waals surface area contributed by atoms with Gasteiger partial charge in [0.25, 0.3) is 0 Å². The summed E-state index contributed by atoms with van der Waals surface area (Å²) in [7, 11) is 1.14. The van der Waals surface area contributed by atoms with Gasteiger partial charge in [-0.05, 0) is 20.8 Å². The van der Waals surface area contributed by atoms with Crippen LogP contribution in [-0.4, -0.2) is 30.1 Å². The molecule has 1 rings (SSSR count). The lowest BCUT2D eigenvalue weighted by Crippen LogP contribution is -2.28. The van der Waals surface area contributed by atoms with Crippen LogP contribution in [0.15, 0.2) is 6.20 Å². The molecule has 0 aliphatic heterocycles. The molecule has 0 unspecified atom stereocenters. The van der Waals surface area contributed by atoms with Gasteiger partial charge in [-0.25, -0.2) is 9.78 Å². The second-order valence-corrected chi connectivity index (χ2v) is 5.21. The molecular weight excluding hydrogens is 305 g/mol. The molecule has 1 N–H and O–H groups in total. The third kappa shape index (κ3) is 4.34. The number of aromatic nitrogens is 1. The van der Waals surface area contributed by atoms with Crippen molar-refractivity contribution in [2.24, 2.45) is 0 Å². The standard InChI is InChI=1S/C13H15F3N2O4/c1-12(2,3)22-11(20)18-9-7(6-19)8(13(14,15)16)5-17-10(9)21-4/h5-6H,1-4H3,(H,18,20). The molecule has 1 heterocycles. The monoisotopic (exact) mass is 320 g/mol. The van der Waals surface area contributed by atoms with Crippen molar-refractivity contribution in [3.8, 4) is 5.88 Å². The molecule has 122 valence electrons. The van der Waals surface area contributed by atoms with Gasteiger partial charge in [0.2, 0.25) is 5.88 Å². The first kappa shape index (κ1) is 17.7. The number of nitrogens with zero attached hydrogens (tertiary/aromatic N) is 1. The Balaban J connectivity index is 3.32. The summed E-state index contributed by atoms with van der Waals surface area (Å²) in [5, 5.41) is 2.07. The number of pyridine rings is 1. The molecule has 0 saturated heterocycles. The lowest BCUT2D eigenvalue weighted by Gasteiger charge is -2.21. The molecule has 1 amide bonds. The Labute approximate surface area is 124 Å². The quantitative estimate of drug-likeness (QED) is 0.865. The van der Waals surface area contributed by atoms with Crippen LogP contribution in [0.4, 0.5) is 23.7 Å². The van der Waals surface area contributed by atoms with E-state index in [1.165, 1.54) is 0 Å². The number of hydrogen-bond donors (Lipinski definition) is 1. The predicted octanol–water partition coefficient (Wildman–Crippen LogP) is 3.27. The molecule has 22 heavy (non-hydrogen) atoms. The molecule has 0 aromatic carbocycles. The molecule has 1 aromatic rings. The van der Waals surface area contributed by atoms with Crippen molar-refractivity contribution < 1.29 is 32.2 Å². The van der Waals surface area contributed by atoms with Crippen LogP contribution >= 0.6 is 0 Å². The van der Waals surface area contributed by atoms with Crippen LogP contribution in [0.1, 0.15) is 36.7 Å². The van der Waals surface area contributed by atoms with E-state index in [1.54, 1.807) is 20.8 Å². The maximum Gasteiger partial charge on any atom is 0.418 e. The first-order valence-corrected chi connectivity index (χ1v) is 6.09. The first-order valence-electron chi connectivity index (χ1n) is 6.09. The average Bonchev–Trinajstić information content (AvgIpc) is 2.34. The fourth-order valence-corrected chi connectivity index (χ4v) is 1.54. The predicted molar refractivity (Wildman–Crippen MR) is 71.0 cm³/mol. The Morgan fingerprint density at radius 3 is 2.32 bits per heavy atom. The molecule has 0 fully saturated rings. The Kier molecular flexibility index (Phi) is 5.00. The van der Waals surface area contributed by atoms with E-state index in [0.29, 0.717) is 6.20 Å². The number of aldehydes is 1. The van der Waals surface area contributed by atoms with Crippen molar-refractivity contribution in [3.05, 3.63) is 17.3 Å². The third-order valence-electron chi connectivity index (χ3n) is 2.33. The van der Waals surface area contributed by atoms with E-state index in [1.807, 2.05) is 0 Å². The zero-order valence-corrected chi connectivity index (χ0v) is 12.4. The highest BCUT2D eigenvalue weighted by atomic mass is 19.4. The van der Waals surface area contributed by atoms with E-state index in [9.17, 15) is 22.8 Å². The number of hydrogen-bond acceptors (Lipinski definition) is 5. The number of nitrogens with one attached hydrogen (secondary N) is 1. The first-order chi connectivity index (χ1) is 9.99.